The van der Waals surface area contributed by atoms with Crippen LogP contribution < -0.4 is 4.74 Å². The van der Waals surface area contributed by atoms with Gasteiger partial charge < -0.3 is 14.2 Å². The molecule has 5 nitrogen and oxygen atoms in total. The van der Waals surface area contributed by atoms with Gasteiger partial charge in [-0.05, 0) is 37.1 Å². The van der Waals surface area contributed by atoms with E-state index in [1.54, 1.807) is 18.2 Å². The van der Waals surface area contributed by atoms with Crippen LogP contribution in [0.25, 0.3) is 10.1 Å². The first-order valence-corrected chi connectivity index (χ1v) is 10.1. The van der Waals surface area contributed by atoms with Crippen molar-refractivity contribution in [2.45, 2.75) is 18.9 Å². The number of rotatable bonds is 5. The quantitative estimate of drug-likeness (QED) is 0.427. The first-order valence-electron chi connectivity index (χ1n) is 8.90. The minimum atomic E-state index is -0.559. The topological polar surface area (TPSA) is 61.8 Å². The number of hydrogen-bond acceptors (Lipinski definition) is 6. The van der Waals surface area contributed by atoms with Crippen LogP contribution in [0.5, 0.6) is 5.75 Å². The van der Waals surface area contributed by atoms with E-state index in [0.29, 0.717) is 22.1 Å². The maximum atomic E-state index is 12.6. The molecule has 1 unspecified atom stereocenters. The number of esters is 2. The number of thiophene rings is 1. The first-order chi connectivity index (χ1) is 13.6. The van der Waals surface area contributed by atoms with E-state index >= 15 is 0 Å². The van der Waals surface area contributed by atoms with Crippen LogP contribution in [0, 0.1) is 0 Å². The zero-order valence-electron chi connectivity index (χ0n) is 14.9. The molecule has 2 aromatic carbocycles. The molecule has 1 aromatic heterocycles. The minimum absolute atomic E-state index is 0.0416. The monoisotopic (exact) mass is 416 g/mol. The minimum Gasteiger partial charge on any atom is -0.459 e. The second kappa shape index (κ2) is 8.31. The highest BCUT2D eigenvalue weighted by atomic mass is 35.5. The lowest BCUT2D eigenvalue weighted by atomic mass is 10.2. The molecule has 0 saturated carbocycles. The summed E-state index contributed by atoms with van der Waals surface area (Å²) in [5.74, 6) is -0.783. The second-order valence-corrected chi connectivity index (χ2v) is 7.82. The lowest BCUT2D eigenvalue weighted by Crippen LogP contribution is -2.18. The third-order valence-electron chi connectivity index (χ3n) is 4.42. The molecule has 2 heterocycles. The van der Waals surface area contributed by atoms with Crippen molar-refractivity contribution in [2.24, 2.45) is 0 Å². The fourth-order valence-electron chi connectivity index (χ4n) is 3.01. The Bertz CT molecular complexity index is 1020. The number of carbonyl (C=O) groups excluding carboxylic acids is 2. The van der Waals surface area contributed by atoms with E-state index in [-0.39, 0.29) is 18.5 Å². The van der Waals surface area contributed by atoms with Crippen LogP contribution in [0.2, 0.25) is 5.02 Å². The van der Waals surface area contributed by atoms with Crippen molar-refractivity contribution in [3.63, 3.8) is 0 Å². The number of ether oxygens (including phenoxy) is 3. The summed E-state index contributed by atoms with van der Waals surface area (Å²) in [7, 11) is 0. The van der Waals surface area contributed by atoms with Gasteiger partial charge in [0.15, 0.2) is 0 Å². The molecular formula is C21H17ClO5S. The maximum absolute atomic E-state index is 12.6. The van der Waals surface area contributed by atoms with E-state index < -0.39 is 11.9 Å². The Kier molecular flexibility index (Phi) is 5.62. The highest BCUT2D eigenvalue weighted by Crippen LogP contribution is 2.35. The van der Waals surface area contributed by atoms with E-state index in [2.05, 4.69) is 0 Å². The number of fused-ring (bicyclic) bond motifs is 1. The third kappa shape index (κ3) is 4.04. The molecule has 1 fully saturated rings. The van der Waals surface area contributed by atoms with Crippen LogP contribution >= 0.6 is 22.9 Å². The molecule has 28 heavy (non-hydrogen) atoms. The van der Waals surface area contributed by atoms with Crippen LogP contribution in [-0.2, 0) is 9.47 Å². The second-order valence-electron chi connectivity index (χ2n) is 6.39. The average molecular weight is 417 g/mol. The van der Waals surface area contributed by atoms with Gasteiger partial charge in [0, 0.05) is 16.7 Å². The van der Waals surface area contributed by atoms with Gasteiger partial charge in [-0.15, -0.1) is 11.3 Å². The van der Waals surface area contributed by atoms with E-state index in [1.165, 1.54) is 17.4 Å². The van der Waals surface area contributed by atoms with Crippen molar-refractivity contribution in [2.75, 3.05) is 13.2 Å². The Hall–Kier alpha value is -2.41. The molecule has 0 spiro atoms. The van der Waals surface area contributed by atoms with Crippen molar-refractivity contribution in [1.29, 1.82) is 0 Å². The number of hydrogen-bond donors (Lipinski definition) is 0. The number of halogens is 1. The Morgan fingerprint density at radius 3 is 2.79 bits per heavy atom. The molecule has 0 amide bonds. The summed E-state index contributed by atoms with van der Waals surface area (Å²) in [6, 6.07) is 13.8. The fraction of sp³-hybridized carbons (Fsp3) is 0.238. The van der Waals surface area contributed by atoms with Crippen LogP contribution in [0.3, 0.4) is 0 Å². The van der Waals surface area contributed by atoms with Crippen molar-refractivity contribution in [3.8, 4) is 5.75 Å². The van der Waals surface area contributed by atoms with Crippen LogP contribution in [0.4, 0.5) is 0 Å². The molecule has 1 saturated heterocycles. The van der Waals surface area contributed by atoms with Gasteiger partial charge in [0.2, 0.25) is 0 Å². The molecule has 0 aliphatic carbocycles. The lowest BCUT2D eigenvalue weighted by Gasteiger charge is -2.10. The van der Waals surface area contributed by atoms with E-state index in [4.69, 9.17) is 25.8 Å². The van der Waals surface area contributed by atoms with Crippen LogP contribution in [0.15, 0.2) is 48.5 Å². The highest BCUT2D eigenvalue weighted by Gasteiger charge is 2.21. The van der Waals surface area contributed by atoms with Gasteiger partial charge in [-0.1, -0.05) is 35.9 Å². The van der Waals surface area contributed by atoms with Crippen LogP contribution in [0.1, 0.15) is 32.9 Å². The summed E-state index contributed by atoms with van der Waals surface area (Å²) >= 11 is 7.60. The molecule has 4 rings (SSSR count). The molecule has 1 aliphatic heterocycles. The molecular weight excluding hydrogens is 400 g/mol. The van der Waals surface area contributed by atoms with Crippen molar-refractivity contribution in [3.05, 3.63) is 64.0 Å². The Labute approximate surface area is 170 Å². The maximum Gasteiger partial charge on any atom is 0.355 e. The molecule has 0 N–H and O–H groups in total. The fourth-order valence-corrected chi connectivity index (χ4v) is 4.40. The van der Waals surface area contributed by atoms with Gasteiger partial charge in [0.1, 0.15) is 17.2 Å². The Morgan fingerprint density at radius 1 is 1.14 bits per heavy atom. The van der Waals surface area contributed by atoms with Crippen molar-refractivity contribution >= 4 is 45.0 Å². The normalized spacial score (nSPS) is 16.2. The lowest BCUT2D eigenvalue weighted by molar-refractivity contribution is 0.0161. The Morgan fingerprint density at radius 2 is 2.00 bits per heavy atom. The SMILES string of the molecule is O=C(OCC1CCCO1)c1cccc(OC(=O)c2sc3ccccc3c2Cl)c1. The summed E-state index contributed by atoms with van der Waals surface area (Å²) < 4.78 is 17.1. The van der Waals surface area contributed by atoms with Crippen LogP contribution in [-0.4, -0.2) is 31.3 Å². The molecule has 1 aliphatic rings. The average Bonchev–Trinajstić information content (AvgIpc) is 3.35. The largest absolute Gasteiger partial charge is 0.459 e. The Balaban J connectivity index is 1.45. The molecule has 0 bridgehead atoms. The summed E-state index contributed by atoms with van der Waals surface area (Å²) in [5.41, 5.74) is 0.311. The van der Waals surface area contributed by atoms with E-state index in [9.17, 15) is 9.59 Å². The molecule has 144 valence electrons. The summed E-state index contributed by atoms with van der Waals surface area (Å²) in [6.45, 7) is 0.925. The predicted molar refractivity (Wildman–Crippen MR) is 107 cm³/mol. The first kappa shape index (κ1) is 18.9. The van der Waals surface area contributed by atoms with E-state index in [0.717, 1.165) is 22.9 Å². The predicted octanol–water partition coefficient (Wildman–Crippen LogP) is 5.11. The van der Waals surface area contributed by atoms with Gasteiger partial charge in [-0.3, -0.25) is 0 Å². The summed E-state index contributed by atoms with van der Waals surface area (Å²) in [5, 5.41) is 1.19. The zero-order chi connectivity index (χ0) is 19.5. The standard InChI is InChI=1S/C21H17ClO5S/c22-18-16-8-1-2-9-17(16)28-19(18)21(24)27-14-6-3-5-13(11-14)20(23)26-12-15-7-4-10-25-15/h1-3,5-6,8-9,11,15H,4,7,10,12H2. The number of carbonyl (C=O) groups is 2. The summed E-state index contributed by atoms with van der Waals surface area (Å²) in [6.07, 6.45) is 1.83. The number of benzene rings is 2. The molecule has 1 atom stereocenters. The molecule has 0 radical (unpaired) electrons. The van der Waals surface area contributed by atoms with Gasteiger partial charge in [0.05, 0.1) is 16.7 Å². The van der Waals surface area contributed by atoms with Gasteiger partial charge in [-0.2, -0.15) is 0 Å². The van der Waals surface area contributed by atoms with Gasteiger partial charge >= 0.3 is 11.9 Å². The highest BCUT2D eigenvalue weighted by molar-refractivity contribution is 7.21. The third-order valence-corrected chi connectivity index (χ3v) is 6.08. The smallest absolute Gasteiger partial charge is 0.355 e. The van der Waals surface area contributed by atoms with Crippen molar-refractivity contribution in [1.82, 2.24) is 0 Å². The molecule has 7 heteroatoms. The van der Waals surface area contributed by atoms with E-state index in [1.807, 2.05) is 24.3 Å². The van der Waals surface area contributed by atoms with Gasteiger partial charge in [-0.25, -0.2) is 9.59 Å². The zero-order valence-corrected chi connectivity index (χ0v) is 16.4. The summed E-state index contributed by atoms with van der Waals surface area (Å²) in [4.78, 5) is 25.1. The molecule has 3 aromatic rings. The van der Waals surface area contributed by atoms with Crippen molar-refractivity contribution < 1.29 is 23.8 Å². The van der Waals surface area contributed by atoms with Gasteiger partial charge in [0.25, 0.3) is 0 Å².